The van der Waals surface area contributed by atoms with Crippen LogP contribution in [0.15, 0.2) is 53.3 Å². The second-order valence-corrected chi connectivity index (χ2v) is 6.41. The van der Waals surface area contributed by atoms with Crippen LogP contribution in [0.1, 0.15) is 17.8 Å². The van der Waals surface area contributed by atoms with Gasteiger partial charge in [0.15, 0.2) is 0 Å². The largest absolute Gasteiger partial charge is 0.378 e. The molecule has 0 radical (unpaired) electrons. The van der Waals surface area contributed by atoms with Gasteiger partial charge in [-0.1, -0.05) is 30.3 Å². The zero-order valence-corrected chi connectivity index (χ0v) is 15.2. The monoisotopic (exact) mass is 348 g/mol. The third-order valence-electron chi connectivity index (χ3n) is 4.31. The van der Waals surface area contributed by atoms with E-state index in [4.69, 9.17) is 5.73 Å². The molecule has 0 saturated carbocycles. The molecule has 3 aromatic rings. The molecule has 3 rings (SSSR count). The van der Waals surface area contributed by atoms with Crippen molar-refractivity contribution in [3.8, 4) is 0 Å². The lowest BCUT2D eigenvalue weighted by Crippen LogP contribution is -2.25. The summed E-state index contributed by atoms with van der Waals surface area (Å²) < 4.78 is 1.71. The fourth-order valence-electron chi connectivity index (χ4n) is 2.83. The maximum atomic E-state index is 12.8. The second-order valence-electron chi connectivity index (χ2n) is 6.41. The number of anilines is 1. The molecule has 0 unspecified atom stereocenters. The molecular weight excluding hydrogens is 324 g/mol. The lowest BCUT2D eigenvalue weighted by Gasteiger charge is -2.12. The highest BCUT2D eigenvalue weighted by Crippen LogP contribution is 2.15. The summed E-state index contributed by atoms with van der Waals surface area (Å²) in [5.41, 5.74) is 8.53. The van der Waals surface area contributed by atoms with E-state index in [2.05, 4.69) is 34.1 Å². The van der Waals surface area contributed by atoms with Crippen LogP contribution in [0.2, 0.25) is 0 Å². The van der Waals surface area contributed by atoms with Gasteiger partial charge in [0.1, 0.15) is 5.82 Å². The average molecular weight is 348 g/mol. The first-order valence-electron chi connectivity index (χ1n) is 8.75. The minimum absolute atomic E-state index is 0.0216. The number of fused-ring (bicyclic) bond motifs is 1. The molecule has 0 saturated heterocycles. The quantitative estimate of drug-likeness (QED) is 0.744. The second kappa shape index (κ2) is 7.97. The lowest BCUT2D eigenvalue weighted by atomic mass is 10.2. The molecule has 0 aliphatic rings. The summed E-state index contributed by atoms with van der Waals surface area (Å²) in [5, 5.41) is 0.636. The normalized spacial score (nSPS) is 11.3. The van der Waals surface area contributed by atoms with Gasteiger partial charge in [-0.15, -0.1) is 0 Å². The number of hydrogen-bond acceptors (Lipinski definition) is 4. The molecule has 0 aliphatic carbocycles. The topological polar surface area (TPSA) is 64.2 Å². The molecule has 2 aromatic carbocycles. The number of hydrogen-bond donors (Lipinski definition) is 1. The molecule has 2 N–H and O–H groups in total. The van der Waals surface area contributed by atoms with E-state index < -0.39 is 0 Å². The van der Waals surface area contributed by atoms with Gasteiger partial charge in [0.2, 0.25) is 0 Å². The van der Waals surface area contributed by atoms with Gasteiger partial charge in [-0.3, -0.25) is 9.36 Å². The first kappa shape index (κ1) is 17.9. The summed E-state index contributed by atoms with van der Waals surface area (Å²) >= 11 is 0. The Bertz CT molecular complexity index is 971. The SMILES string of the molecule is CN(C)c1ccc(C=Cc2nc3ccccc3c(=O)n2CCCN)cc1. The van der Waals surface area contributed by atoms with Crippen LogP contribution in [0, 0.1) is 0 Å². The zero-order valence-electron chi connectivity index (χ0n) is 15.2. The van der Waals surface area contributed by atoms with Crippen LogP contribution in [-0.4, -0.2) is 30.2 Å². The van der Waals surface area contributed by atoms with Gasteiger partial charge < -0.3 is 10.6 Å². The molecule has 134 valence electrons. The van der Waals surface area contributed by atoms with Gasteiger partial charge in [0.05, 0.1) is 10.9 Å². The van der Waals surface area contributed by atoms with Crippen LogP contribution in [0.4, 0.5) is 5.69 Å². The number of rotatable bonds is 6. The Hall–Kier alpha value is -2.92. The standard InChI is InChI=1S/C21H24N4O/c1-24(2)17-11-8-16(9-12-17)10-13-20-23-19-7-4-3-6-18(19)21(26)25(20)15-5-14-22/h3-4,6-13H,5,14-15,22H2,1-2H3. The Labute approximate surface area is 153 Å². The number of benzene rings is 2. The van der Waals surface area contributed by atoms with Crippen LogP contribution in [0.3, 0.4) is 0 Å². The maximum Gasteiger partial charge on any atom is 0.261 e. The molecule has 5 nitrogen and oxygen atoms in total. The Morgan fingerprint density at radius 3 is 2.50 bits per heavy atom. The maximum absolute atomic E-state index is 12.8. The van der Waals surface area contributed by atoms with E-state index in [1.165, 1.54) is 0 Å². The van der Waals surface area contributed by atoms with Crippen molar-refractivity contribution in [3.05, 3.63) is 70.3 Å². The molecule has 1 heterocycles. The Morgan fingerprint density at radius 2 is 1.81 bits per heavy atom. The zero-order chi connectivity index (χ0) is 18.5. The third-order valence-corrected chi connectivity index (χ3v) is 4.31. The number of para-hydroxylation sites is 1. The van der Waals surface area contributed by atoms with E-state index in [0.717, 1.165) is 17.7 Å². The van der Waals surface area contributed by atoms with E-state index in [1.807, 2.05) is 50.5 Å². The van der Waals surface area contributed by atoms with Gasteiger partial charge in [-0.05, 0) is 48.9 Å². The van der Waals surface area contributed by atoms with Gasteiger partial charge in [-0.25, -0.2) is 4.98 Å². The van der Waals surface area contributed by atoms with Crippen molar-refractivity contribution in [3.63, 3.8) is 0 Å². The van der Waals surface area contributed by atoms with Crippen molar-refractivity contribution < 1.29 is 0 Å². The highest BCUT2D eigenvalue weighted by Gasteiger charge is 2.08. The minimum atomic E-state index is -0.0216. The minimum Gasteiger partial charge on any atom is -0.378 e. The first-order chi connectivity index (χ1) is 12.6. The fourth-order valence-corrected chi connectivity index (χ4v) is 2.83. The summed E-state index contributed by atoms with van der Waals surface area (Å²) in [7, 11) is 4.03. The summed E-state index contributed by atoms with van der Waals surface area (Å²) in [5.74, 6) is 0.652. The van der Waals surface area contributed by atoms with Crippen molar-refractivity contribution in [2.24, 2.45) is 5.73 Å². The van der Waals surface area contributed by atoms with E-state index in [1.54, 1.807) is 4.57 Å². The Balaban J connectivity index is 2.00. The molecule has 26 heavy (non-hydrogen) atoms. The summed E-state index contributed by atoms with van der Waals surface area (Å²) in [6, 6.07) is 15.7. The van der Waals surface area contributed by atoms with Crippen LogP contribution >= 0.6 is 0 Å². The van der Waals surface area contributed by atoms with Crippen molar-refractivity contribution in [2.45, 2.75) is 13.0 Å². The number of aromatic nitrogens is 2. The van der Waals surface area contributed by atoms with Gasteiger partial charge in [0.25, 0.3) is 5.56 Å². The van der Waals surface area contributed by atoms with E-state index in [-0.39, 0.29) is 5.56 Å². The fraction of sp³-hybridized carbons (Fsp3) is 0.238. The van der Waals surface area contributed by atoms with Crippen molar-refractivity contribution in [2.75, 3.05) is 25.5 Å². The molecular formula is C21H24N4O. The van der Waals surface area contributed by atoms with E-state index >= 15 is 0 Å². The number of nitrogens with two attached hydrogens (primary N) is 1. The predicted octanol–water partition coefficient (Wildman–Crippen LogP) is 2.98. The third kappa shape index (κ3) is 3.83. The van der Waals surface area contributed by atoms with Gasteiger partial charge in [0, 0.05) is 26.3 Å². The Kier molecular flexibility index (Phi) is 5.49. The molecule has 1 aromatic heterocycles. The highest BCUT2D eigenvalue weighted by molar-refractivity contribution is 5.79. The van der Waals surface area contributed by atoms with Gasteiger partial charge in [-0.2, -0.15) is 0 Å². The molecule has 0 spiro atoms. The van der Waals surface area contributed by atoms with E-state index in [9.17, 15) is 4.79 Å². The molecule has 0 fully saturated rings. The summed E-state index contributed by atoms with van der Waals surface area (Å²) in [6.45, 7) is 1.10. The highest BCUT2D eigenvalue weighted by atomic mass is 16.1. The summed E-state index contributed by atoms with van der Waals surface area (Å²) in [6.07, 6.45) is 4.61. The lowest BCUT2D eigenvalue weighted by molar-refractivity contribution is 0.619. The van der Waals surface area contributed by atoms with Crippen molar-refractivity contribution >= 4 is 28.7 Å². The Morgan fingerprint density at radius 1 is 1.08 bits per heavy atom. The number of nitrogens with zero attached hydrogens (tertiary/aromatic N) is 3. The van der Waals surface area contributed by atoms with Gasteiger partial charge >= 0.3 is 0 Å². The van der Waals surface area contributed by atoms with Crippen molar-refractivity contribution in [1.82, 2.24) is 9.55 Å². The molecule has 0 atom stereocenters. The average Bonchev–Trinajstić information content (AvgIpc) is 2.66. The first-order valence-corrected chi connectivity index (χ1v) is 8.75. The summed E-state index contributed by atoms with van der Waals surface area (Å²) in [4.78, 5) is 19.6. The molecule has 5 heteroatoms. The van der Waals surface area contributed by atoms with Crippen LogP contribution < -0.4 is 16.2 Å². The molecule has 0 bridgehead atoms. The molecule has 0 amide bonds. The predicted molar refractivity (Wildman–Crippen MR) is 109 cm³/mol. The van der Waals surface area contributed by atoms with Crippen LogP contribution in [-0.2, 0) is 6.54 Å². The van der Waals surface area contributed by atoms with Crippen molar-refractivity contribution in [1.29, 1.82) is 0 Å². The van der Waals surface area contributed by atoms with Crippen LogP contribution in [0.25, 0.3) is 23.1 Å². The van der Waals surface area contributed by atoms with E-state index in [0.29, 0.717) is 29.8 Å². The smallest absolute Gasteiger partial charge is 0.261 e. The van der Waals surface area contributed by atoms with Crippen LogP contribution in [0.5, 0.6) is 0 Å². The molecule has 0 aliphatic heterocycles.